The molecule has 1 aliphatic rings. The zero-order valence-electron chi connectivity index (χ0n) is 14.4. The highest BCUT2D eigenvalue weighted by Gasteiger charge is 2.20. The summed E-state index contributed by atoms with van der Waals surface area (Å²) in [5, 5.41) is 7.69. The van der Waals surface area contributed by atoms with Crippen LogP contribution in [0.4, 0.5) is 0 Å². The van der Waals surface area contributed by atoms with Crippen LogP contribution >= 0.6 is 0 Å². The summed E-state index contributed by atoms with van der Waals surface area (Å²) in [6, 6.07) is 5.54. The van der Waals surface area contributed by atoms with E-state index in [1.54, 1.807) is 11.9 Å². The Morgan fingerprint density at radius 1 is 1.38 bits per heavy atom. The first-order valence-electron chi connectivity index (χ1n) is 7.77. The van der Waals surface area contributed by atoms with Gasteiger partial charge in [-0.2, -0.15) is 0 Å². The van der Waals surface area contributed by atoms with E-state index >= 15 is 0 Å². The summed E-state index contributed by atoms with van der Waals surface area (Å²) < 4.78 is 36.6. The summed E-state index contributed by atoms with van der Waals surface area (Å²) in [4.78, 5) is 13.9. The first-order valence-corrected chi connectivity index (χ1v) is 9.66. The molecule has 3 rings (SSSR count). The first-order chi connectivity index (χ1) is 12.3. The van der Waals surface area contributed by atoms with Gasteiger partial charge in [-0.15, -0.1) is 5.10 Å². The van der Waals surface area contributed by atoms with Crippen molar-refractivity contribution in [2.45, 2.75) is 19.6 Å². The van der Waals surface area contributed by atoms with Crippen LogP contribution in [-0.4, -0.2) is 54.3 Å². The third-order valence-corrected chi connectivity index (χ3v) is 4.38. The van der Waals surface area contributed by atoms with Gasteiger partial charge in [0.15, 0.2) is 11.5 Å². The molecule has 11 heteroatoms. The molecule has 0 saturated carbocycles. The van der Waals surface area contributed by atoms with E-state index in [0.717, 1.165) is 11.8 Å². The highest BCUT2D eigenvalue weighted by atomic mass is 32.2. The van der Waals surface area contributed by atoms with Crippen LogP contribution in [0.3, 0.4) is 0 Å². The van der Waals surface area contributed by atoms with E-state index in [4.69, 9.17) is 9.47 Å². The molecule has 1 N–H and O–H groups in total. The van der Waals surface area contributed by atoms with E-state index in [0.29, 0.717) is 23.7 Å². The smallest absolute Gasteiger partial charge is 0.244 e. The predicted octanol–water partition coefficient (Wildman–Crippen LogP) is -0.285. The van der Waals surface area contributed by atoms with Gasteiger partial charge >= 0.3 is 0 Å². The van der Waals surface area contributed by atoms with Gasteiger partial charge in [0.2, 0.25) is 22.7 Å². The van der Waals surface area contributed by atoms with Gasteiger partial charge in [0.05, 0.1) is 24.7 Å². The molecule has 1 amide bonds. The number of ether oxygens (including phenoxy) is 2. The number of nitrogens with zero attached hydrogens (tertiary/aromatic N) is 4. The van der Waals surface area contributed by atoms with Crippen molar-refractivity contribution in [3.05, 3.63) is 35.7 Å². The summed E-state index contributed by atoms with van der Waals surface area (Å²) in [6.07, 6.45) is 2.59. The molecule has 26 heavy (non-hydrogen) atoms. The second-order valence-corrected chi connectivity index (χ2v) is 7.73. The Morgan fingerprint density at radius 2 is 2.19 bits per heavy atom. The van der Waals surface area contributed by atoms with Crippen molar-refractivity contribution in [1.82, 2.24) is 24.6 Å². The van der Waals surface area contributed by atoms with Crippen molar-refractivity contribution in [2.24, 2.45) is 0 Å². The van der Waals surface area contributed by atoms with Gasteiger partial charge in [-0.25, -0.2) is 17.8 Å². The average Bonchev–Trinajstić information content (AvgIpc) is 3.21. The van der Waals surface area contributed by atoms with Gasteiger partial charge in [-0.1, -0.05) is 17.3 Å². The summed E-state index contributed by atoms with van der Waals surface area (Å²) in [7, 11) is -1.63. The SMILES string of the molecule is CN(Cc1cccc2c1OCO2)C(=O)Cn1cc(CNS(C)(=O)=O)nn1. The minimum atomic E-state index is -3.31. The molecule has 140 valence electrons. The fourth-order valence-electron chi connectivity index (χ4n) is 2.42. The number of hydrogen-bond acceptors (Lipinski definition) is 7. The van der Waals surface area contributed by atoms with Gasteiger partial charge in [0.25, 0.3) is 0 Å². The molecule has 1 aromatic carbocycles. The monoisotopic (exact) mass is 381 g/mol. The van der Waals surface area contributed by atoms with E-state index < -0.39 is 10.0 Å². The van der Waals surface area contributed by atoms with Gasteiger partial charge in [0.1, 0.15) is 6.54 Å². The standard InChI is InChI=1S/C15H19N5O5S/c1-19(7-11-4-3-5-13-15(11)25-10-24-13)14(21)9-20-8-12(17-18-20)6-16-26(2,22)23/h3-5,8,16H,6-7,9-10H2,1-2H3. The molecule has 0 atom stereocenters. The molecule has 0 fully saturated rings. The highest BCUT2D eigenvalue weighted by Crippen LogP contribution is 2.35. The minimum Gasteiger partial charge on any atom is -0.454 e. The van der Waals surface area contributed by atoms with E-state index in [9.17, 15) is 13.2 Å². The normalized spacial score (nSPS) is 13.0. The second-order valence-electron chi connectivity index (χ2n) is 5.90. The maximum atomic E-state index is 12.4. The lowest BCUT2D eigenvalue weighted by atomic mass is 10.1. The number of carbonyl (C=O) groups is 1. The Balaban J connectivity index is 1.58. The molecule has 0 saturated heterocycles. The summed E-state index contributed by atoms with van der Waals surface area (Å²) in [5.74, 6) is 1.15. The lowest BCUT2D eigenvalue weighted by Gasteiger charge is -2.18. The van der Waals surface area contributed by atoms with Crippen molar-refractivity contribution >= 4 is 15.9 Å². The van der Waals surface area contributed by atoms with Crippen molar-refractivity contribution in [3.8, 4) is 11.5 Å². The molecule has 2 aromatic rings. The van der Waals surface area contributed by atoms with Gasteiger partial charge in [0, 0.05) is 19.2 Å². The number of carbonyl (C=O) groups excluding carboxylic acids is 1. The highest BCUT2D eigenvalue weighted by molar-refractivity contribution is 7.88. The van der Waals surface area contributed by atoms with Gasteiger partial charge < -0.3 is 14.4 Å². The third-order valence-electron chi connectivity index (χ3n) is 3.71. The fourth-order valence-corrected chi connectivity index (χ4v) is 2.83. The van der Waals surface area contributed by atoms with Crippen molar-refractivity contribution in [1.29, 1.82) is 0 Å². The van der Waals surface area contributed by atoms with Crippen molar-refractivity contribution in [3.63, 3.8) is 0 Å². The van der Waals surface area contributed by atoms with Crippen molar-refractivity contribution < 1.29 is 22.7 Å². The number of likely N-dealkylation sites (N-methyl/N-ethyl adjacent to an activating group) is 1. The van der Waals surface area contributed by atoms with Crippen LogP contribution in [0.1, 0.15) is 11.3 Å². The van der Waals surface area contributed by atoms with Crippen LogP contribution in [0, 0.1) is 0 Å². The Hall–Kier alpha value is -2.66. The second kappa shape index (κ2) is 7.30. The van der Waals surface area contributed by atoms with E-state index in [1.807, 2.05) is 18.2 Å². The van der Waals surface area contributed by atoms with Crippen LogP contribution in [0.15, 0.2) is 24.4 Å². The summed E-state index contributed by atoms with van der Waals surface area (Å²) >= 11 is 0. The predicted molar refractivity (Wildman–Crippen MR) is 90.7 cm³/mol. The van der Waals surface area contributed by atoms with Crippen LogP contribution in [0.25, 0.3) is 0 Å². The molecule has 2 heterocycles. The minimum absolute atomic E-state index is 0.00520. The lowest BCUT2D eigenvalue weighted by molar-refractivity contribution is -0.131. The number of benzene rings is 1. The molecule has 0 spiro atoms. The zero-order valence-corrected chi connectivity index (χ0v) is 15.2. The van der Waals surface area contributed by atoms with E-state index in [1.165, 1.54) is 10.9 Å². The number of fused-ring (bicyclic) bond motifs is 1. The van der Waals surface area contributed by atoms with Crippen LogP contribution < -0.4 is 14.2 Å². The third kappa shape index (κ3) is 4.49. The average molecular weight is 381 g/mol. The maximum absolute atomic E-state index is 12.4. The number of nitrogens with one attached hydrogen (secondary N) is 1. The van der Waals surface area contributed by atoms with Crippen molar-refractivity contribution in [2.75, 3.05) is 20.1 Å². The van der Waals surface area contributed by atoms with E-state index in [2.05, 4.69) is 15.0 Å². The topological polar surface area (TPSA) is 116 Å². The molecule has 0 radical (unpaired) electrons. The molecule has 0 aliphatic carbocycles. The molecular formula is C15H19N5O5S. The van der Waals surface area contributed by atoms with Crippen LogP contribution in [0.2, 0.25) is 0 Å². The van der Waals surface area contributed by atoms with Crippen LogP contribution in [-0.2, 0) is 34.5 Å². The molecule has 0 bridgehead atoms. The largest absolute Gasteiger partial charge is 0.454 e. The number of amides is 1. The number of sulfonamides is 1. The molecule has 10 nitrogen and oxygen atoms in total. The van der Waals surface area contributed by atoms with E-state index in [-0.39, 0.29) is 25.8 Å². The summed E-state index contributed by atoms with van der Waals surface area (Å²) in [5.41, 5.74) is 1.28. The Morgan fingerprint density at radius 3 is 2.96 bits per heavy atom. The number of rotatable bonds is 7. The Labute approximate surface area is 150 Å². The first kappa shape index (κ1) is 18.1. The number of aromatic nitrogens is 3. The zero-order chi connectivity index (χ0) is 18.7. The maximum Gasteiger partial charge on any atom is 0.244 e. The quantitative estimate of drug-likeness (QED) is 0.701. The molecule has 1 aromatic heterocycles. The molecular weight excluding hydrogens is 362 g/mol. The number of para-hydroxylation sites is 1. The van der Waals surface area contributed by atoms with Gasteiger partial charge in [-0.05, 0) is 6.07 Å². The Kier molecular flexibility index (Phi) is 5.09. The molecule has 1 aliphatic heterocycles. The number of hydrogen-bond donors (Lipinski definition) is 1. The van der Waals surface area contributed by atoms with Crippen LogP contribution in [0.5, 0.6) is 11.5 Å². The lowest BCUT2D eigenvalue weighted by Crippen LogP contribution is -2.30. The fraction of sp³-hybridized carbons (Fsp3) is 0.400. The van der Waals surface area contributed by atoms with Gasteiger partial charge in [-0.3, -0.25) is 4.79 Å². The molecule has 0 unspecified atom stereocenters. The Bertz CT molecular complexity index is 911. The summed E-state index contributed by atoms with van der Waals surface area (Å²) in [6.45, 7) is 0.556.